The largest absolute Gasteiger partial charge is 0.344 e. The number of hydrogen-bond acceptors (Lipinski definition) is 1. The van der Waals surface area contributed by atoms with Crippen molar-refractivity contribution >= 4 is 21.8 Å². The predicted molar refractivity (Wildman–Crippen MR) is 66.1 cm³/mol. The van der Waals surface area contributed by atoms with Gasteiger partial charge in [-0.2, -0.15) is 0 Å². The van der Waals surface area contributed by atoms with Crippen molar-refractivity contribution in [1.29, 1.82) is 0 Å². The molecule has 0 spiro atoms. The van der Waals surface area contributed by atoms with Gasteiger partial charge in [-0.15, -0.1) is 0 Å². The number of carbonyl (C=O) groups excluding carboxylic acids is 1. The van der Waals surface area contributed by atoms with Crippen molar-refractivity contribution in [2.75, 3.05) is 13.6 Å². The third-order valence-corrected chi connectivity index (χ3v) is 2.49. The van der Waals surface area contributed by atoms with Crippen LogP contribution in [0.5, 0.6) is 0 Å². The molecule has 1 amide bonds. The summed E-state index contributed by atoms with van der Waals surface area (Å²) in [5.74, 6) is -0.307. The molecule has 1 aromatic rings. The Morgan fingerprint density at radius 1 is 1.56 bits per heavy atom. The number of likely N-dealkylation sites (N-methyl/N-ethyl adjacent to an activating group) is 1. The van der Waals surface area contributed by atoms with Crippen molar-refractivity contribution in [3.8, 4) is 0 Å². The number of alkyl halides is 1. The highest BCUT2D eigenvalue weighted by Gasteiger charge is 2.11. The molecule has 2 nitrogen and oxygen atoms in total. The third kappa shape index (κ3) is 4.31. The standard InChI is InChI=1S/C12H15BrFNO/c1-9(13)8-15(2)12(16)7-10-4-3-5-11(14)6-10/h3-6,9H,7-8H2,1-2H3. The van der Waals surface area contributed by atoms with Gasteiger partial charge in [0.1, 0.15) is 5.82 Å². The highest BCUT2D eigenvalue weighted by atomic mass is 79.9. The summed E-state index contributed by atoms with van der Waals surface area (Å²) < 4.78 is 12.9. The van der Waals surface area contributed by atoms with Crippen LogP contribution in [0, 0.1) is 5.82 Å². The van der Waals surface area contributed by atoms with E-state index in [-0.39, 0.29) is 23.0 Å². The molecule has 0 heterocycles. The summed E-state index contributed by atoms with van der Waals surface area (Å²) in [6.07, 6.45) is 0.244. The summed E-state index contributed by atoms with van der Waals surface area (Å²) >= 11 is 3.39. The second-order valence-corrected chi connectivity index (χ2v) is 5.42. The molecule has 0 aliphatic carbocycles. The first-order valence-corrected chi connectivity index (χ1v) is 6.03. The van der Waals surface area contributed by atoms with Crippen LogP contribution in [0.4, 0.5) is 4.39 Å². The minimum absolute atomic E-state index is 0.00287. The Balaban J connectivity index is 2.57. The molecule has 0 saturated heterocycles. The lowest BCUT2D eigenvalue weighted by molar-refractivity contribution is -0.129. The van der Waals surface area contributed by atoms with Crippen LogP contribution in [0.25, 0.3) is 0 Å². The molecule has 0 bridgehead atoms. The van der Waals surface area contributed by atoms with Crippen LogP contribution < -0.4 is 0 Å². The Morgan fingerprint density at radius 2 is 2.25 bits per heavy atom. The van der Waals surface area contributed by atoms with Crippen molar-refractivity contribution in [1.82, 2.24) is 4.90 Å². The van der Waals surface area contributed by atoms with Gasteiger partial charge in [-0.3, -0.25) is 4.79 Å². The average molecular weight is 288 g/mol. The lowest BCUT2D eigenvalue weighted by Crippen LogP contribution is -2.32. The van der Waals surface area contributed by atoms with Crippen molar-refractivity contribution in [3.05, 3.63) is 35.6 Å². The molecule has 0 radical (unpaired) electrons. The summed E-state index contributed by atoms with van der Waals surface area (Å²) in [5, 5.41) is 0. The minimum atomic E-state index is -0.304. The summed E-state index contributed by atoms with van der Waals surface area (Å²) in [6, 6.07) is 6.14. The van der Waals surface area contributed by atoms with Gasteiger partial charge in [-0.05, 0) is 17.7 Å². The van der Waals surface area contributed by atoms with E-state index in [4.69, 9.17) is 0 Å². The smallest absolute Gasteiger partial charge is 0.226 e. The predicted octanol–water partition coefficient (Wildman–Crippen LogP) is 2.61. The first kappa shape index (κ1) is 13.2. The van der Waals surface area contributed by atoms with Crippen LogP contribution >= 0.6 is 15.9 Å². The average Bonchev–Trinajstić information content (AvgIpc) is 2.16. The van der Waals surface area contributed by atoms with Gasteiger partial charge in [-0.1, -0.05) is 35.0 Å². The lowest BCUT2D eigenvalue weighted by atomic mass is 10.1. The summed E-state index contributed by atoms with van der Waals surface area (Å²) in [5.41, 5.74) is 0.707. The van der Waals surface area contributed by atoms with E-state index in [0.29, 0.717) is 12.1 Å². The Labute approximate surface area is 104 Å². The van der Waals surface area contributed by atoms with E-state index in [1.165, 1.54) is 12.1 Å². The fraction of sp³-hybridized carbons (Fsp3) is 0.417. The number of amides is 1. The van der Waals surface area contributed by atoms with E-state index in [2.05, 4.69) is 15.9 Å². The number of halogens is 2. The van der Waals surface area contributed by atoms with E-state index in [9.17, 15) is 9.18 Å². The van der Waals surface area contributed by atoms with Crippen molar-refractivity contribution < 1.29 is 9.18 Å². The molecular weight excluding hydrogens is 273 g/mol. The molecule has 1 aromatic carbocycles. The molecule has 4 heteroatoms. The molecule has 0 aliphatic rings. The molecule has 0 N–H and O–H groups in total. The zero-order chi connectivity index (χ0) is 12.1. The van der Waals surface area contributed by atoms with Gasteiger partial charge in [0.15, 0.2) is 0 Å². The summed E-state index contributed by atoms with van der Waals surface area (Å²) in [4.78, 5) is 13.6. The van der Waals surface area contributed by atoms with Crippen molar-refractivity contribution in [2.45, 2.75) is 18.2 Å². The molecule has 88 valence electrons. The zero-order valence-corrected chi connectivity index (χ0v) is 11.0. The van der Waals surface area contributed by atoms with E-state index < -0.39 is 0 Å². The van der Waals surface area contributed by atoms with Gasteiger partial charge in [0.25, 0.3) is 0 Å². The van der Waals surface area contributed by atoms with Crippen LogP contribution in [0.2, 0.25) is 0 Å². The highest BCUT2D eigenvalue weighted by molar-refractivity contribution is 9.09. The van der Waals surface area contributed by atoms with Crippen LogP contribution in [0.1, 0.15) is 12.5 Å². The number of hydrogen-bond donors (Lipinski definition) is 0. The number of rotatable bonds is 4. The number of carbonyl (C=O) groups is 1. The fourth-order valence-electron chi connectivity index (χ4n) is 1.44. The minimum Gasteiger partial charge on any atom is -0.344 e. The van der Waals surface area contributed by atoms with Crippen LogP contribution in [-0.4, -0.2) is 29.2 Å². The molecular formula is C12H15BrFNO. The molecule has 0 aliphatic heterocycles. The highest BCUT2D eigenvalue weighted by Crippen LogP contribution is 2.07. The Kier molecular flexibility index (Phi) is 4.93. The van der Waals surface area contributed by atoms with Gasteiger partial charge in [0, 0.05) is 18.4 Å². The second kappa shape index (κ2) is 5.99. The summed E-state index contributed by atoms with van der Waals surface area (Å²) in [6.45, 7) is 2.63. The number of nitrogens with zero attached hydrogens (tertiary/aromatic N) is 1. The maximum absolute atomic E-state index is 12.9. The van der Waals surface area contributed by atoms with E-state index in [1.54, 1.807) is 24.1 Å². The van der Waals surface area contributed by atoms with Crippen LogP contribution in [0.15, 0.2) is 24.3 Å². The SMILES string of the molecule is CC(Br)CN(C)C(=O)Cc1cccc(F)c1. The molecule has 16 heavy (non-hydrogen) atoms. The molecule has 1 rings (SSSR count). The quantitative estimate of drug-likeness (QED) is 0.780. The van der Waals surface area contributed by atoms with E-state index in [1.807, 2.05) is 6.92 Å². The molecule has 1 unspecified atom stereocenters. The topological polar surface area (TPSA) is 20.3 Å². The van der Waals surface area contributed by atoms with Crippen molar-refractivity contribution in [2.24, 2.45) is 0 Å². The first-order chi connectivity index (χ1) is 7.49. The number of benzene rings is 1. The van der Waals surface area contributed by atoms with Gasteiger partial charge >= 0.3 is 0 Å². The monoisotopic (exact) mass is 287 g/mol. The van der Waals surface area contributed by atoms with Crippen molar-refractivity contribution in [3.63, 3.8) is 0 Å². The Bertz CT molecular complexity index is 368. The normalized spacial score (nSPS) is 12.2. The van der Waals surface area contributed by atoms with Crippen LogP contribution in [0.3, 0.4) is 0 Å². The van der Waals surface area contributed by atoms with Crippen LogP contribution in [-0.2, 0) is 11.2 Å². The third-order valence-electron chi connectivity index (χ3n) is 2.20. The Morgan fingerprint density at radius 3 is 2.81 bits per heavy atom. The lowest BCUT2D eigenvalue weighted by Gasteiger charge is -2.18. The van der Waals surface area contributed by atoms with Gasteiger partial charge in [0.2, 0.25) is 5.91 Å². The second-order valence-electron chi connectivity index (χ2n) is 3.86. The van der Waals surface area contributed by atoms with Gasteiger partial charge < -0.3 is 4.90 Å². The van der Waals surface area contributed by atoms with E-state index in [0.717, 1.165) is 0 Å². The molecule has 0 fully saturated rings. The molecule has 1 atom stereocenters. The maximum atomic E-state index is 12.9. The first-order valence-electron chi connectivity index (χ1n) is 5.11. The maximum Gasteiger partial charge on any atom is 0.226 e. The fourth-order valence-corrected chi connectivity index (χ4v) is 1.87. The Hall–Kier alpha value is -0.900. The molecule has 0 aromatic heterocycles. The van der Waals surface area contributed by atoms with Gasteiger partial charge in [0.05, 0.1) is 6.42 Å². The zero-order valence-electron chi connectivity index (χ0n) is 9.41. The molecule has 0 saturated carbocycles. The summed E-state index contributed by atoms with van der Waals surface area (Å²) in [7, 11) is 1.75. The van der Waals surface area contributed by atoms with Gasteiger partial charge in [-0.25, -0.2) is 4.39 Å². The van der Waals surface area contributed by atoms with E-state index >= 15 is 0 Å².